The van der Waals surface area contributed by atoms with E-state index in [0.29, 0.717) is 29.3 Å². The van der Waals surface area contributed by atoms with Gasteiger partial charge in [-0.2, -0.15) is 0 Å². The highest BCUT2D eigenvalue weighted by Crippen LogP contribution is 2.31. The standard InChI is InChI=1S/C25H33ClN2O2/c1-5-6-7-8-9-10-13-20(16-23(29)27-17-18(2)3)30-25-22-15-12-11-14-21(22)19(4)24(26)28-25/h10-16,18H,5-9,17H2,1-4H3,(H,27,29)/b13-10+,20-16+. The average Bonchev–Trinajstić information content (AvgIpc) is 2.72. The highest BCUT2D eigenvalue weighted by Gasteiger charge is 2.12. The number of fused-ring (bicyclic) bond motifs is 1. The van der Waals surface area contributed by atoms with Gasteiger partial charge in [0, 0.05) is 18.0 Å². The number of aryl methyl sites for hydroxylation is 1. The molecule has 2 rings (SSSR count). The van der Waals surface area contributed by atoms with Crippen molar-refractivity contribution in [3.05, 3.63) is 59.0 Å². The van der Waals surface area contributed by atoms with Crippen molar-refractivity contribution in [2.45, 2.75) is 59.8 Å². The van der Waals surface area contributed by atoms with E-state index in [-0.39, 0.29) is 5.91 Å². The Morgan fingerprint density at radius 3 is 2.63 bits per heavy atom. The molecule has 0 aliphatic heterocycles. The molecule has 0 aliphatic carbocycles. The minimum Gasteiger partial charge on any atom is -0.438 e. The third-order valence-electron chi connectivity index (χ3n) is 4.75. The van der Waals surface area contributed by atoms with Gasteiger partial charge in [-0.15, -0.1) is 0 Å². The van der Waals surface area contributed by atoms with E-state index < -0.39 is 0 Å². The van der Waals surface area contributed by atoms with Crippen LogP contribution in [0.15, 0.2) is 48.3 Å². The van der Waals surface area contributed by atoms with Gasteiger partial charge in [0.15, 0.2) is 0 Å². The van der Waals surface area contributed by atoms with Crippen molar-refractivity contribution in [2.75, 3.05) is 6.54 Å². The van der Waals surface area contributed by atoms with Crippen LogP contribution in [0.4, 0.5) is 0 Å². The normalized spacial score (nSPS) is 12.1. The van der Waals surface area contributed by atoms with Gasteiger partial charge in [0.25, 0.3) is 0 Å². The number of carbonyl (C=O) groups excluding carboxylic acids is 1. The van der Waals surface area contributed by atoms with Gasteiger partial charge < -0.3 is 10.1 Å². The summed E-state index contributed by atoms with van der Waals surface area (Å²) in [5.41, 5.74) is 0.909. The maximum atomic E-state index is 12.4. The number of halogens is 1. The fraction of sp³-hybridized carbons (Fsp3) is 0.440. The van der Waals surface area contributed by atoms with Crippen LogP contribution < -0.4 is 10.1 Å². The summed E-state index contributed by atoms with van der Waals surface area (Å²) in [6, 6.07) is 7.84. The fourth-order valence-corrected chi connectivity index (χ4v) is 3.19. The first-order valence-corrected chi connectivity index (χ1v) is 11.2. The number of hydrogen-bond donors (Lipinski definition) is 1. The minimum atomic E-state index is -0.183. The van der Waals surface area contributed by atoms with Gasteiger partial charge in [0.1, 0.15) is 10.9 Å². The van der Waals surface area contributed by atoms with Crippen molar-refractivity contribution >= 4 is 28.3 Å². The lowest BCUT2D eigenvalue weighted by atomic mass is 10.1. The van der Waals surface area contributed by atoms with Crippen LogP contribution in [-0.4, -0.2) is 17.4 Å². The van der Waals surface area contributed by atoms with E-state index in [9.17, 15) is 4.79 Å². The molecule has 30 heavy (non-hydrogen) atoms. The number of nitrogens with zero attached hydrogens (tertiary/aromatic N) is 1. The molecular weight excluding hydrogens is 396 g/mol. The highest BCUT2D eigenvalue weighted by atomic mass is 35.5. The number of benzene rings is 1. The molecule has 0 unspecified atom stereocenters. The molecule has 1 amide bonds. The van der Waals surface area contributed by atoms with Gasteiger partial charge in [0.05, 0.1) is 0 Å². The molecule has 1 aromatic heterocycles. The van der Waals surface area contributed by atoms with Crippen LogP contribution in [-0.2, 0) is 4.79 Å². The van der Waals surface area contributed by atoms with Crippen molar-refractivity contribution in [2.24, 2.45) is 5.92 Å². The molecule has 0 fully saturated rings. The van der Waals surface area contributed by atoms with Crippen molar-refractivity contribution in [1.29, 1.82) is 0 Å². The second-order valence-corrected chi connectivity index (χ2v) is 8.28. The first-order valence-electron chi connectivity index (χ1n) is 10.8. The zero-order valence-electron chi connectivity index (χ0n) is 18.5. The van der Waals surface area contributed by atoms with E-state index >= 15 is 0 Å². The number of ether oxygens (including phenoxy) is 1. The highest BCUT2D eigenvalue weighted by molar-refractivity contribution is 6.31. The number of rotatable bonds is 11. The van der Waals surface area contributed by atoms with Crippen molar-refractivity contribution < 1.29 is 9.53 Å². The van der Waals surface area contributed by atoms with Crippen molar-refractivity contribution in [1.82, 2.24) is 10.3 Å². The number of carbonyl (C=O) groups is 1. The fourth-order valence-electron chi connectivity index (χ4n) is 3.02. The van der Waals surface area contributed by atoms with Crippen LogP contribution >= 0.6 is 11.6 Å². The summed E-state index contributed by atoms with van der Waals surface area (Å²) in [5, 5.41) is 5.15. The van der Waals surface area contributed by atoms with Gasteiger partial charge in [-0.3, -0.25) is 4.79 Å². The summed E-state index contributed by atoms with van der Waals surface area (Å²) >= 11 is 6.33. The predicted octanol–water partition coefficient (Wildman–Crippen LogP) is 6.76. The van der Waals surface area contributed by atoms with Crippen LogP contribution in [0.2, 0.25) is 5.15 Å². The number of pyridine rings is 1. The topological polar surface area (TPSA) is 51.2 Å². The Kier molecular flexibility index (Phi) is 9.88. The van der Waals surface area contributed by atoms with E-state index in [0.717, 1.165) is 29.2 Å². The first-order chi connectivity index (χ1) is 14.4. The number of unbranched alkanes of at least 4 members (excludes halogenated alkanes) is 4. The number of aromatic nitrogens is 1. The molecule has 162 valence electrons. The molecule has 0 aliphatic rings. The molecule has 5 heteroatoms. The van der Waals surface area contributed by atoms with Crippen molar-refractivity contribution in [3.63, 3.8) is 0 Å². The third-order valence-corrected chi connectivity index (χ3v) is 5.12. The molecule has 0 spiro atoms. The lowest BCUT2D eigenvalue weighted by molar-refractivity contribution is -0.116. The van der Waals surface area contributed by atoms with Gasteiger partial charge >= 0.3 is 0 Å². The number of nitrogens with one attached hydrogen (secondary N) is 1. The monoisotopic (exact) mass is 428 g/mol. The summed E-state index contributed by atoms with van der Waals surface area (Å²) in [6.07, 6.45) is 11.1. The van der Waals surface area contributed by atoms with Crippen LogP contribution in [0.1, 0.15) is 58.4 Å². The van der Waals surface area contributed by atoms with E-state index in [1.165, 1.54) is 25.3 Å². The van der Waals surface area contributed by atoms with Crippen LogP contribution in [0, 0.1) is 12.8 Å². The maximum absolute atomic E-state index is 12.4. The first kappa shape index (κ1) is 23.9. The van der Waals surface area contributed by atoms with Gasteiger partial charge in [-0.05, 0) is 48.8 Å². The number of allylic oxidation sites excluding steroid dienone is 2. The molecule has 1 aromatic carbocycles. The smallest absolute Gasteiger partial charge is 0.247 e. The van der Waals surface area contributed by atoms with E-state index in [2.05, 4.69) is 37.1 Å². The van der Waals surface area contributed by atoms with Crippen LogP contribution in [0.5, 0.6) is 5.88 Å². The lowest BCUT2D eigenvalue weighted by Crippen LogP contribution is -2.26. The summed E-state index contributed by atoms with van der Waals surface area (Å²) in [5.74, 6) is 1.04. The molecule has 0 atom stereocenters. The summed E-state index contributed by atoms with van der Waals surface area (Å²) in [4.78, 5) is 16.8. The largest absolute Gasteiger partial charge is 0.438 e. The molecule has 0 radical (unpaired) electrons. The Morgan fingerprint density at radius 1 is 1.20 bits per heavy atom. The average molecular weight is 429 g/mol. The van der Waals surface area contributed by atoms with E-state index in [1.54, 1.807) is 0 Å². The van der Waals surface area contributed by atoms with Gasteiger partial charge in [0.2, 0.25) is 11.8 Å². The molecule has 4 nitrogen and oxygen atoms in total. The molecule has 1 heterocycles. The maximum Gasteiger partial charge on any atom is 0.247 e. The lowest BCUT2D eigenvalue weighted by Gasteiger charge is -2.12. The van der Waals surface area contributed by atoms with Crippen molar-refractivity contribution in [3.8, 4) is 5.88 Å². The predicted molar refractivity (Wildman–Crippen MR) is 126 cm³/mol. The Bertz CT molecular complexity index is 903. The quantitative estimate of drug-likeness (QED) is 0.141. The third kappa shape index (κ3) is 7.49. The zero-order valence-corrected chi connectivity index (χ0v) is 19.3. The minimum absolute atomic E-state index is 0.183. The molecule has 0 saturated carbocycles. The zero-order chi connectivity index (χ0) is 21.9. The second kappa shape index (κ2) is 12.4. The van der Waals surface area contributed by atoms with Crippen LogP contribution in [0.3, 0.4) is 0 Å². The number of hydrogen-bond acceptors (Lipinski definition) is 3. The second-order valence-electron chi connectivity index (χ2n) is 7.92. The summed E-state index contributed by atoms with van der Waals surface area (Å²) in [6.45, 7) is 8.86. The summed E-state index contributed by atoms with van der Waals surface area (Å²) in [7, 11) is 0. The Hall–Kier alpha value is -2.33. The SMILES string of the molecule is CCCCCC/C=C/C(=C\C(=O)NCC(C)C)Oc1nc(Cl)c(C)c2ccccc12. The number of amides is 1. The molecule has 0 saturated heterocycles. The van der Waals surface area contributed by atoms with Crippen LogP contribution in [0.25, 0.3) is 10.8 Å². The van der Waals surface area contributed by atoms with E-state index in [1.807, 2.05) is 37.3 Å². The molecule has 1 N–H and O–H groups in total. The molecule has 0 bridgehead atoms. The Balaban J connectivity index is 2.26. The Morgan fingerprint density at radius 2 is 1.93 bits per heavy atom. The van der Waals surface area contributed by atoms with Gasteiger partial charge in [-0.1, -0.05) is 75.9 Å². The summed E-state index contributed by atoms with van der Waals surface area (Å²) < 4.78 is 6.09. The molecule has 2 aromatic rings. The molecular formula is C25H33ClN2O2. The van der Waals surface area contributed by atoms with Gasteiger partial charge in [-0.25, -0.2) is 4.98 Å². The van der Waals surface area contributed by atoms with E-state index in [4.69, 9.17) is 16.3 Å². The Labute approximate surface area is 185 Å².